The predicted octanol–water partition coefficient (Wildman–Crippen LogP) is 5.74. The number of rotatable bonds is 3. The lowest BCUT2D eigenvalue weighted by atomic mass is 10.1. The van der Waals surface area contributed by atoms with Crippen LogP contribution in [0, 0.1) is 21.4 Å². The Morgan fingerprint density at radius 3 is 2.77 bits per heavy atom. The normalized spacial score (nSPS) is 10.8. The second kappa shape index (κ2) is 6.37. The number of nitrogens with one attached hydrogen (secondary N) is 1. The fourth-order valence-corrected chi connectivity index (χ4v) is 4.42. The van der Waals surface area contributed by atoms with Crippen LogP contribution in [0.3, 0.4) is 0 Å². The third kappa shape index (κ3) is 2.67. The smallest absolute Gasteiger partial charge is 0.287 e. The van der Waals surface area contributed by atoms with Gasteiger partial charge in [-0.1, -0.05) is 34.1 Å². The summed E-state index contributed by atoms with van der Waals surface area (Å²) in [5, 5.41) is 24.8. The molecule has 4 rings (SSSR count). The van der Waals surface area contributed by atoms with Crippen molar-refractivity contribution < 1.29 is 4.92 Å². The van der Waals surface area contributed by atoms with Gasteiger partial charge in [-0.25, -0.2) is 0 Å². The molecule has 0 fully saturated rings. The molecule has 0 saturated heterocycles. The fraction of sp³-hybridized carbons (Fsp3) is 0. The number of thiophene rings is 1. The lowest BCUT2D eigenvalue weighted by Crippen LogP contribution is -1.95. The van der Waals surface area contributed by atoms with Gasteiger partial charge in [-0.2, -0.15) is 5.26 Å². The first-order valence-electron chi connectivity index (χ1n) is 7.50. The van der Waals surface area contributed by atoms with E-state index >= 15 is 0 Å². The largest absolute Gasteiger partial charge is 0.353 e. The predicted molar refractivity (Wildman–Crippen MR) is 106 cm³/mol. The van der Waals surface area contributed by atoms with Crippen LogP contribution in [-0.4, -0.2) is 9.91 Å². The molecule has 2 heterocycles. The van der Waals surface area contributed by atoms with E-state index in [2.05, 4.69) is 32.3 Å². The Labute approximate surface area is 160 Å². The molecule has 2 aromatic heterocycles. The number of nitrogens with zero attached hydrogens (tertiary/aromatic N) is 3. The summed E-state index contributed by atoms with van der Waals surface area (Å²) < 4.78 is 2.17. The Kier molecular flexibility index (Phi) is 4.03. The van der Waals surface area contributed by atoms with E-state index in [9.17, 15) is 15.4 Å². The number of anilines is 2. The van der Waals surface area contributed by atoms with E-state index in [1.165, 1.54) is 23.6 Å². The second-order valence-electron chi connectivity index (χ2n) is 5.48. The van der Waals surface area contributed by atoms with Crippen molar-refractivity contribution in [2.75, 3.05) is 5.32 Å². The van der Waals surface area contributed by atoms with Crippen molar-refractivity contribution in [3.63, 3.8) is 0 Å². The van der Waals surface area contributed by atoms with Crippen LogP contribution < -0.4 is 5.32 Å². The van der Waals surface area contributed by atoms with E-state index in [1.54, 1.807) is 6.07 Å². The second-order valence-corrected chi connectivity index (χ2v) is 7.42. The molecule has 0 unspecified atom stereocenters. The van der Waals surface area contributed by atoms with Crippen LogP contribution in [-0.2, 0) is 0 Å². The Balaban J connectivity index is 2.01. The Morgan fingerprint density at radius 1 is 1.23 bits per heavy atom. The maximum atomic E-state index is 11.3. The molecule has 126 valence electrons. The van der Waals surface area contributed by atoms with Gasteiger partial charge in [0.25, 0.3) is 5.69 Å². The van der Waals surface area contributed by atoms with Crippen molar-refractivity contribution in [3.8, 4) is 6.07 Å². The molecular formula is C18H9BrN4O2S. The maximum Gasteiger partial charge on any atom is 0.287 e. The Hall–Kier alpha value is -3.02. The summed E-state index contributed by atoms with van der Waals surface area (Å²) in [5.74, 6) is 0. The number of nitriles is 1. The molecule has 4 aromatic rings. The highest BCUT2D eigenvalue weighted by Crippen LogP contribution is 2.42. The third-order valence-electron chi connectivity index (χ3n) is 3.90. The number of hydrogen-bond donors (Lipinski definition) is 1. The van der Waals surface area contributed by atoms with Gasteiger partial charge in [0.1, 0.15) is 10.8 Å². The van der Waals surface area contributed by atoms with E-state index in [-0.39, 0.29) is 5.69 Å². The standard InChI is InChI=1S/C18H9BrN4O2S/c19-11-3-1-4-12(7-11)22-15-10(8-20)9-21-16-13-5-2-6-14(23(24)25)17(13)26-18(15)16/h1-7,9H,(H,21,22). The van der Waals surface area contributed by atoms with E-state index in [4.69, 9.17) is 0 Å². The zero-order valence-corrected chi connectivity index (χ0v) is 15.5. The molecule has 0 spiro atoms. The first-order chi connectivity index (χ1) is 12.6. The monoisotopic (exact) mass is 424 g/mol. The van der Waals surface area contributed by atoms with Crippen molar-refractivity contribution in [1.29, 1.82) is 5.26 Å². The molecule has 8 heteroatoms. The maximum absolute atomic E-state index is 11.3. The van der Waals surface area contributed by atoms with E-state index in [1.807, 2.05) is 30.3 Å². The summed E-state index contributed by atoms with van der Waals surface area (Å²) in [4.78, 5) is 15.3. The first kappa shape index (κ1) is 16.4. The van der Waals surface area contributed by atoms with Gasteiger partial charge in [-0.15, -0.1) is 11.3 Å². The molecule has 0 saturated carbocycles. The zero-order chi connectivity index (χ0) is 18.3. The highest BCUT2D eigenvalue weighted by molar-refractivity contribution is 9.10. The van der Waals surface area contributed by atoms with Gasteiger partial charge in [-0.05, 0) is 18.2 Å². The van der Waals surface area contributed by atoms with Crippen molar-refractivity contribution >= 4 is 64.6 Å². The molecule has 0 bridgehead atoms. The summed E-state index contributed by atoms with van der Waals surface area (Å²) in [7, 11) is 0. The van der Waals surface area contributed by atoms with Gasteiger partial charge >= 0.3 is 0 Å². The minimum Gasteiger partial charge on any atom is -0.353 e. The van der Waals surface area contributed by atoms with Crippen LogP contribution in [0.1, 0.15) is 5.56 Å². The molecule has 26 heavy (non-hydrogen) atoms. The minimum atomic E-state index is -0.398. The molecule has 0 aliphatic heterocycles. The number of nitro benzene ring substituents is 1. The van der Waals surface area contributed by atoms with Crippen LogP contribution in [0.4, 0.5) is 17.1 Å². The van der Waals surface area contributed by atoms with Crippen LogP contribution >= 0.6 is 27.3 Å². The van der Waals surface area contributed by atoms with Gasteiger partial charge in [0.15, 0.2) is 0 Å². The molecule has 0 amide bonds. The van der Waals surface area contributed by atoms with Gasteiger partial charge in [0, 0.05) is 27.8 Å². The number of hydrogen-bond acceptors (Lipinski definition) is 6. The fourth-order valence-electron chi connectivity index (χ4n) is 2.77. The summed E-state index contributed by atoms with van der Waals surface area (Å²) in [6, 6.07) is 14.6. The van der Waals surface area contributed by atoms with Gasteiger partial charge in [0.05, 0.1) is 26.4 Å². The van der Waals surface area contributed by atoms with Gasteiger partial charge < -0.3 is 5.32 Å². The van der Waals surface area contributed by atoms with Crippen LogP contribution in [0.25, 0.3) is 20.3 Å². The number of non-ortho nitro benzene ring substituents is 1. The topological polar surface area (TPSA) is 91.8 Å². The minimum absolute atomic E-state index is 0.0393. The van der Waals surface area contributed by atoms with Crippen molar-refractivity contribution in [1.82, 2.24) is 4.98 Å². The Bertz CT molecular complexity index is 1230. The number of aromatic nitrogens is 1. The molecule has 0 aliphatic rings. The molecule has 0 radical (unpaired) electrons. The molecule has 6 nitrogen and oxygen atoms in total. The van der Waals surface area contributed by atoms with Crippen LogP contribution in [0.2, 0.25) is 0 Å². The highest BCUT2D eigenvalue weighted by atomic mass is 79.9. The van der Waals surface area contributed by atoms with Crippen molar-refractivity contribution in [2.45, 2.75) is 0 Å². The molecule has 1 N–H and O–H groups in total. The highest BCUT2D eigenvalue weighted by Gasteiger charge is 2.20. The van der Waals surface area contributed by atoms with Crippen molar-refractivity contribution in [3.05, 3.63) is 68.8 Å². The SMILES string of the molecule is N#Cc1cnc2c(sc3c([N+](=O)[O-])cccc32)c1Nc1cccc(Br)c1. The summed E-state index contributed by atoms with van der Waals surface area (Å²) >= 11 is 4.69. The number of halogens is 1. The van der Waals surface area contributed by atoms with Gasteiger partial charge in [-0.3, -0.25) is 15.1 Å². The average molecular weight is 425 g/mol. The number of benzene rings is 2. The third-order valence-corrected chi connectivity index (χ3v) is 5.63. The lowest BCUT2D eigenvalue weighted by molar-refractivity contribution is -0.382. The van der Waals surface area contributed by atoms with E-state index in [0.717, 1.165) is 10.2 Å². The summed E-state index contributed by atoms with van der Waals surface area (Å²) in [5.41, 5.74) is 2.47. The van der Waals surface area contributed by atoms with Crippen LogP contribution in [0.5, 0.6) is 0 Å². The lowest BCUT2D eigenvalue weighted by Gasteiger charge is -2.09. The summed E-state index contributed by atoms with van der Waals surface area (Å²) in [6.07, 6.45) is 1.49. The van der Waals surface area contributed by atoms with E-state index in [0.29, 0.717) is 31.6 Å². The summed E-state index contributed by atoms with van der Waals surface area (Å²) in [6.45, 7) is 0. The van der Waals surface area contributed by atoms with Gasteiger partial charge in [0.2, 0.25) is 0 Å². The van der Waals surface area contributed by atoms with Crippen molar-refractivity contribution in [2.24, 2.45) is 0 Å². The average Bonchev–Trinajstić information content (AvgIpc) is 3.01. The first-order valence-corrected chi connectivity index (χ1v) is 9.10. The van der Waals surface area contributed by atoms with Crippen LogP contribution in [0.15, 0.2) is 53.1 Å². The Morgan fingerprint density at radius 2 is 2.04 bits per heavy atom. The van der Waals surface area contributed by atoms with E-state index < -0.39 is 4.92 Å². The molecule has 2 aromatic carbocycles. The molecule has 0 atom stereocenters. The number of fused-ring (bicyclic) bond motifs is 3. The number of nitro groups is 1. The zero-order valence-electron chi connectivity index (χ0n) is 13.1. The molecule has 0 aliphatic carbocycles. The molecular weight excluding hydrogens is 416 g/mol. The quantitative estimate of drug-likeness (QED) is 0.334. The number of pyridine rings is 1.